The number of halogens is 1. The first-order valence-electron chi connectivity index (χ1n) is 7.74. The van der Waals surface area contributed by atoms with Crippen molar-refractivity contribution in [2.45, 2.75) is 25.8 Å². The molecule has 1 aliphatic rings. The summed E-state index contributed by atoms with van der Waals surface area (Å²) < 4.78 is 0. The second kappa shape index (κ2) is 8.25. The molecule has 1 aromatic rings. The Balaban J connectivity index is 1.75. The number of rotatable bonds is 6. The number of carbonyl (C=O) groups excluding carboxylic acids is 1. The van der Waals surface area contributed by atoms with Crippen LogP contribution in [0.15, 0.2) is 24.3 Å². The average Bonchev–Trinajstić information content (AvgIpc) is 2.94. The molecule has 0 radical (unpaired) electrons. The highest BCUT2D eigenvalue weighted by molar-refractivity contribution is 6.30. The number of anilines is 1. The van der Waals surface area contributed by atoms with E-state index in [2.05, 4.69) is 15.5 Å². The van der Waals surface area contributed by atoms with E-state index in [-0.39, 0.29) is 24.6 Å². The van der Waals surface area contributed by atoms with Gasteiger partial charge in [-0.3, -0.25) is 0 Å². The summed E-state index contributed by atoms with van der Waals surface area (Å²) in [6, 6.07) is 7.78. The highest BCUT2D eigenvalue weighted by Crippen LogP contribution is 2.23. The van der Waals surface area contributed by atoms with Crippen molar-refractivity contribution in [3.05, 3.63) is 29.3 Å². The predicted molar refractivity (Wildman–Crippen MR) is 89.5 cm³/mol. The monoisotopic (exact) mass is 325 g/mol. The Morgan fingerprint density at radius 2 is 2.36 bits per heavy atom. The smallest absolute Gasteiger partial charge is 0.315 e. The molecule has 2 atom stereocenters. The van der Waals surface area contributed by atoms with Crippen molar-refractivity contribution in [2.75, 3.05) is 31.1 Å². The molecule has 1 heterocycles. The minimum absolute atomic E-state index is 0.136. The van der Waals surface area contributed by atoms with Gasteiger partial charge in [0.15, 0.2) is 0 Å². The first-order chi connectivity index (χ1) is 10.6. The first kappa shape index (κ1) is 16.9. The second-order valence-electron chi connectivity index (χ2n) is 5.88. The third kappa shape index (κ3) is 5.07. The number of hydrogen-bond acceptors (Lipinski definition) is 3. The van der Waals surface area contributed by atoms with E-state index in [0.29, 0.717) is 13.0 Å². The molecule has 0 aliphatic carbocycles. The largest absolute Gasteiger partial charge is 0.396 e. The fourth-order valence-electron chi connectivity index (χ4n) is 2.61. The SMILES string of the molecule is CC(CCO)CNC(=O)NC1CCN(c2cccc(Cl)c2)C1. The van der Waals surface area contributed by atoms with Crippen LogP contribution < -0.4 is 15.5 Å². The van der Waals surface area contributed by atoms with E-state index >= 15 is 0 Å². The Kier molecular flexibility index (Phi) is 6.34. The zero-order valence-electron chi connectivity index (χ0n) is 12.9. The fourth-order valence-corrected chi connectivity index (χ4v) is 2.80. The molecule has 22 heavy (non-hydrogen) atoms. The maximum Gasteiger partial charge on any atom is 0.315 e. The number of aliphatic hydroxyl groups excluding tert-OH is 1. The Morgan fingerprint density at radius 3 is 3.09 bits per heavy atom. The molecule has 0 aromatic heterocycles. The lowest BCUT2D eigenvalue weighted by atomic mass is 10.1. The quantitative estimate of drug-likeness (QED) is 0.751. The summed E-state index contributed by atoms with van der Waals surface area (Å²) in [5.74, 6) is 0.280. The molecule has 6 heteroatoms. The summed E-state index contributed by atoms with van der Waals surface area (Å²) in [4.78, 5) is 14.1. The van der Waals surface area contributed by atoms with Crippen LogP contribution in [0.4, 0.5) is 10.5 Å². The van der Waals surface area contributed by atoms with Gasteiger partial charge in [-0.25, -0.2) is 4.79 Å². The van der Waals surface area contributed by atoms with Gasteiger partial charge in [-0.1, -0.05) is 24.6 Å². The van der Waals surface area contributed by atoms with Crippen molar-refractivity contribution < 1.29 is 9.90 Å². The Labute approximate surface area is 136 Å². The van der Waals surface area contributed by atoms with Gasteiger partial charge in [0, 0.05) is 43.0 Å². The molecule has 2 unspecified atom stereocenters. The molecule has 0 spiro atoms. The number of nitrogens with one attached hydrogen (secondary N) is 2. The van der Waals surface area contributed by atoms with Crippen LogP contribution in [0.2, 0.25) is 5.02 Å². The van der Waals surface area contributed by atoms with Crippen molar-refractivity contribution in [3.8, 4) is 0 Å². The highest BCUT2D eigenvalue weighted by Gasteiger charge is 2.24. The number of nitrogens with zero attached hydrogens (tertiary/aromatic N) is 1. The topological polar surface area (TPSA) is 64.6 Å². The summed E-state index contributed by atoms with van der Waals surface area (Å²) in [6.07, 6.45) is 1.62. The summed E-state index contributed by atoms with van der Waals surface area (Å²) in [5, 5.41) is 15.4. The molecule has 3 N–H and O–H groups in total. The van der Waals surface area contributed by atoms with E-state index in [0.717, 1.165) is 30.2 Å². The van der Waals surface area contributed by atoms with Crippen molar-refractivity contribution in [1.29, 1.82) is 0 Å². The highest BCUT2D eigenvalue weighted by atomic mass is 35.5. The molecule has 1 aromatic carbocycles. The van der Waals surface area contributed by atoms with Gasteiger partial charge in [0.1, 0.15) is 0 Å². The van der Waals surface area contributed by atoms with Crippen LogP contribution in [-0.2, 0) is 0 Å². The lowest BCUT2D eigenvalue weighted by molar-refractivity contribution is 0.231. The van der Waals surface area contributed by atoms with E-state index in [9.17, 15) is 4.79 Å². The maximum absolute atomic E-state index is 11.9. The van der Waals surface area contributed by atoms with Crippen LogP contribution in [-0.4, -0.2) is 43.4 Å². The lowest BCUT2D eigenvalue weighted by Crippen LogP contribution is -2.44. The Bertz CT molecular complexity index is 498. The van der Waals surface area contributed by atoms with Crippen LogP contribution >= 0.6 is 11.6 Å². The van der Waals surface area contributed by atoms with Crippen molar-refractivity contribution in [3.63, 3.8) is 0 Å². The summed E-state index contributed by atoms with van der Waals surface area (Å²) >= 11 is 6.02. The van der Waals surface area contributed by atoms with Gasteiger partial charge in [0.2, 0.25) is 0 Å². The van der Waals surface area contributed by atoms with Gasteiger partial charge in [-0.2, -0.15) is 0 Å². The lowest BCUT2D eigenvalue weighted by Gasteiger charge is -2.19. The van der Waals surface area contributed by atoms with Gasteiger partial charge in [0.25, 0.3) is 0 Å². The molecule has 1 fully saturated rings. The van der Waals surface area contributed by atoms with Gasteiger partial charge in [-0.15, -0.1) is 0 Å². The van der Waals surface area contributed by atoms with E-state index in [4.69, 9.17) is 16.7 Å². The zero-order valence-corrected chi connectivity index (χ0v) is 13.6. The summed E-state index contributed by atoms with van der Waals surface area (Å²) in [7, 11) is 0. The Morgan fingerprint density at radius 1 is 1.55 bits per heavy atom. The summed E-state index contributed by atoms with van der Waals surface area (Å²) in [5.41, 5.74) is 1.09. The average molecular weight is 326 g/mol. The number of carbonyl (C=O) groups is 1. The molecule has 122 valence electrons. The van der Waals surface area contributed by atoms with Crippen molar-refractivity contribution in [1.82, 2.24) is 10.6 Å². The van der Waals surface area contributed by atoms with Crippen LogP contribution in [0.25, 0.3) is 0 Å². The van der Waals surface area contributed by atoms with E-state index in [1.54, 1.807) is 0 Å². The number of aliphatic hydroxyl groups is 1. The molecule has 0 bridgehead atoms. The maximum atomic E-state index is 11.9. The molecule has 1 saturated heterocycles. The van der Waals surface area contributed by atoms with Crippen LogP contribution in [0.1, 0.15) is 19.8 Å². The molecule has 1 aliphatic heterocycles. The zero-order chi connectivity index (χ0) is 15.9. The van der Waals surface area contributed by atoms with Gasteiger partial charge < -0.3 is 20.6 Å². The number of urea groups is 1. The predicted octanol–water partition coefficient (Wildman–Crippen LogP) is 2.24. The van der Waals surface area contributed by atoms with E-state index in [1.165, 1.54) is 0 Å². The summed E-state index contributed by atoms with van der Waals surface area (Å²) in [6.45, 7) is 4.44. The number of amides is 2. The second-order valence-corrected chi connectivity index (χ2v) is 6.32. The van der Waals surface area contributed by atoms with Gasteiger partial charge in [-0.05, 0) is 37.0 Å². The van der Waals surface area contributed by atoms with Gasteiger partial charge in [0.05, 0.1) is 0 Å². The fraction of sp³-hybridized carbons (Fsp3) is 0.562. The molecular formula is C16H24ClN3O2. The van der Waals surface area contributed by atoms with Crippen LogP contribution in [0.3, 0.4) is 0 Å². The van der Waals surface area contributed by atoms with Crippen LogP contribution in [0, 0.1) is 5.92 Å². The molecule has 2 amide bonds. The number of hydrogen-bond donors (Lipinski definition) is 3. The third-order valence-corrected chi connectivity index (χ3v) is 4.16. The molecule has 2 rings (SSSR count). The Hall–Kier alpha value is -1.46. The third-order valence-electron chi connectivity index (χ3n) is 3.93. The standard InChI is InChI=1S/C16H24ClN3O2/c1-12(6-8-21)10-18-16(22)19-14-5-7-20(11-14)15-4-2-3-13(17)9-15/h2-4,9,12,14,21H,5-8,10-11H2,1H3,(H2,18,19,22). The first-order valence-corrected chi connectivity index (χ1v) is 8.12. The van der Waals surface area contributed by atoms with Gasteiger partial charge >= 0.3 is 6.03 Å². The minimum Gasteiger partial charge on any atom is -0.396 e. The normalized spacial score (nSPS) is 19.0. The van der Waals surface area contributed by atoms with Crippen molar-refractivity contribution in [2.24, 2.45) is 5.92 Å². The van der Waals surface area contributed by atoms with Crippen LogP contribution in [0.5, 0.6) is 0 Å². The molecular weight excluding hydrogens is 302 g/mol. The van der Waals surface area contributed by atoms with Crippen molar-refractivity contribution >= 4 is 23.3 Å². The van der Waals surface area contributed by atoms with E-state index < -0.39 is 0 Å². The molecule has 5 nitrogen and oxygen atoms in total. The minimum atomic E-state index is -0.136. The number of benzene rings is 1. The molecule has 0 saturated carbocycles. The van der Waals surface area contributed by atoms with E-state index in [1.807, 2.05) is 31.2 Å².